The zero-order valence-corrected chi connectivity index (χ0v) is 20.4. The van der Waals surface area contributed by atoms with Gasteiger partial charge in [-0.15, -0.1) is 0 Å². The van der Waals surface area contributed by atoms with Crippen LogP contribution in [-0.2, 0) is 17.8 Å². The first-order valence-electron chi connectivity index (χ1n) is 12.3. The molecule has 1 fully saturated rings. The second-order valence-corrected chi connectivity index (χ2v) is 9.34. The summed E-state index contributed by atoms with van der Waals surface area (Å²) in [5, 5.41) is 0. The lowest BCUT2D eigenvalue weighted by Gasteiger charge is -2.27. The number of likely N-dealkylation sites (tertiary alicyclic amines) is 1. The lowest BCUT2D eigenvalue weighted by Crippen LogP contribution is -2.42. The minimum absolute atomic E-state index is 0.0979. The van der Waals surface area contributed by atoms with Crippen molar-refractivity contribution >= 4 is 11.7 Å². The highest BCUT2D eigenvalue weighted by molar-refractivity contribution is 6.15. The van der Waals surface area contributed by atoms with E-state index in [0.717, 1.165) is 28.0 Å². The summed E-state index contributed by atoms with van der Waals surface area (Å²) in [4.78, 5) is 29.7. The summed E-state index contributed by atoms with van der Waals surface area (Å²) in [5.74, 6) is 0.579. The molecule has 1 aliphatic heterocycles. The van der Waals surface area contributed by atoms with Crippen molar-refractivity contribution in [2.24, 2.45) is 5.41 Å². The Morgan fingerprint density at radius 3 is 2.00 bits per heavy atom. The van der Waals surface area contributed by atoms with Gasteiger partial charge < -0.3 is 9.64 Å². The number of carbonyl (C=O) groups is 2. The first-order valence-corrected chi connectivity index (χ1v) is 12.3. The molecule has 0 N–H and O–H groups in total. The first kappa shape index (κ1) is 23.6. The monoisotopic (exact) mass is 475 g/mol. The van der Waals surface area contributed by atoms with Crippen molar-refractivity contribution in [3.63, 3.8) is 0 Å². The van der Waals surface area contributed by atoms with E-state index < -0.39 is 5.41 Å². The molecule has 0 aliphatic carbocycles. The van der Waals surface area contributed by atoms with Gasteiger partial charge in [0.2, 0.25) is 5.91 Å². The van der Waals surface area contributed by atoms with Crippen molar-refractivity contribution in [1.29, 1.82) is 0 Å². The topological polar surface area (TPSA) is 46.6 Å². The normalized spacial score (nSPS) is 17.2. The molecule has 1 amide bonds. The van der Waals surface area contributed by atoms with E-state index in [1.807, 2.05) is 89.8 Å². The lowest BCUT2D eigenvalue weighted by molar-refractivity contribution is -0.134. The fraction of sp³-hybridized carbons (Fsp3) is 0.188. The largest absolute Gasteiger partial charge is 0.497 e. The molecule has 1 atom stereocenters. The van der Waals surface area contributed by atoms with Gasteiger partial charge in [0.25, 0.3) is 0 Å². The van der Waals surface area contributed by atoms with Gasteiger partial charge >= 0.3 is 0 Å². The number of hydrogen-bond acceptors (Lipinski definition) is 3. The summed E-state index contributed by atoms with van der Waals surface area (Å²) in [6.45, 7) is 1.02. The Morgan fingerprint density at radius 2 is 1.36 bits per heavy atom. The van der Waals surface area contributed by atoms with Crippen molar-refractivity contribution in [1.82, 2.24) is 4.90 Å². The fourth-order valence-electron chi connectivity index (χ4n) is 5.05. The Balaban J connectivity index is 1.43. The Labute approximate surface area is 212 Å². The van der Waals surface area contributed by atoms with Crippen LogP contribution in [0.15, 0.2) is 109 Å². The third-order valence-electron chi connectivity index (χ3n) is 7.08. The van der Waals surface area contributed by atoms with Gasteiger partial charge in [0, 0.05) is 18.7 Å². The molecular formula is C32H29NO3. The number of amides is 1. The smallest absolute Gasteiger partial charge is 0.237 e. The van der Waals surface area contributed by atoms with Crippen LogP contribution in [0.3, 0.4) is 0 Å². The molecule has 1 heterocycles. The lowest BCUT2D eigenvalue weighted by atomic mass is 9.74. The van der Waals surface area contributed by atoms with Crippen LogP contribution in [-0.4, -0.2) is 30.2 Å². The zero-order chi connectivity index (χ0) is 25.0. The van der Waals surface area contributed by atoms with Crippen molar-refractivity contribution in [3.05, 3.63) is 126 Å². The number of hydrogen-bond donors (Lipinski definition) is 0. The molecule has 4 heteroatoms. The minimum Gasteiger partial charge on any atom is -0.497 e. The van der Waals surface area contributed by atoms with Crippen molar-refractivity contribution in [3.8, 4) is 16.9 Å². The number of carbonyl (C=O) groups excluding carboxylic acids is 2. The summed E-state index contributed by atoms with van der Waals surface area (Å²) in [6, 6.07) is 35.3. The van der Waals surface area contributed by atoms with Crippen LogP contribution in [0.1, 0.15) is 27.9 Å². The molecule has 36 heavy (non-hydrogen) atoms. The van der Waals surface area contributed by atoms with E-state index in [9.17, 15) is 9.59 Å². The molecule has 0 unspecified atom stereocenters. The Bertz CT molecular complexity index is 1330. The van der Waals surface area contributed by atoms with Crippen LogP contribution in [0.25, 0.3) is 11.1 Å². The van der Waals surface area contributed by atoms with Gasteiger partial charge in [-0.3, -0.25) is 9.59 Å². The molecule has 0 radical (unpaired) electrons. The van der Waals surface area contributed by atoms with E-state index >= 15 is 0 Å². The SMILES string of the molecule is COc1ccc(CN2CC[C@@](Cc3ccc(-c4ccccc4)cc3)(C(=O)c3ccccc3)C2=O)cc1. The molecule has 4 nitrogen and oxygen atoms in total. The third-order valence-corrected chi connectivity index (χ3v) is 7.08. The van der Waals surface area contributed by atoms with E-state index in [4.69, 9.17) is 4.74 Å². The van der Waals surface area contributed by atoms with Crippen LogP contribution in [0.5, 0.6) is 5.75 Å². The number of methoxy groups -OCH3 is 1. The van der Waals surface area contributed by atoms with E-state index in [2.05, 4.69) is 24.3 Å². The molecule has 5 rings (SSSR count). The van der Waals surface area contributed by atoms with Gasteiger partial charge in [0.05, 0.1) is 7.11 Å². The van der Waals surface area contributed by atoms with E-state index in [1.54, 1.807) is 7.11 Å². The maximum Gasteiger partial charge on any atom is 0.237 e. The second kappa shape index (κ2) is 10.2. The van der Waals surface area contributed by atoms with Crippen LogP contribution in [0.4, 0.5) is 0 Å². The molecule has 1 saturated heterocycles. The second-order valence-electron chi connectivity index (χ2n) is 9.34. The Morgan fingerprint density at radius 1 is 0.778 bits per heavy atom. The molecule has 4 aromatic carbocycles. The summed E-state index contributed by atoms with van der Waals surface area (Å²) in [7, 11) is 1.63. The molecule has 0 aromatic heterocycles. The quantitative estimate of drug-likeness (QED) is 0.225. The minimum atomic E-state index is -1.11. The summed E-state index contributed by atoms with van der Waals surface area (Å²) in [6.07, 6.45) is 0.879. The van der Waals surface area contributed by atoms with Crippen LogP contribution in [0.2, 0.25) is 0 Å². The van der Waals surface area contributed by atoms with Crippen molar-refractivity contribution in [2.45, 2.75) is 19.4 Å². The van der Waals surface area contributed by atoms with Gasteiger partial charge in [-0.05, 0) is 47.2 Å². The predicted octanol–water partition coefficient (Wildman–Crippen LogP) is 6.21. The fourth-order valence-corrected chi connectivity index (χ4v) is 5.05. The number of rotatable bonds is 8. The number of nitrogens with zero attached hydrogens (tertiary/aromatic N) is 1. The number of Topliss-reactive ketones (excluding diaryl/α,β-unsaturated/α-hetero) is 1. The van der Waals surface area contributed by atoms with Gasteiger partial charge in [0.1, 0.15) is 11.2 Å². The zero-order valence-electron chi connectivity index (χ0n) is 20.4. The maximum absolute atomic E-state index is 13.9. The van der Waals surface area contributed by atoms with E-state index in [1.165, 1.54) is 0 Å². The highest BCUT2D eigenvalue weighted by atomic mass is 16.5. The maximum atomic E-state index is 13.9. The molecule has 4 aromatic rings. The molecule has 1 aliphatic rings. The van der Waals surface area contributed by atoms with E-state index in [-0.39, 0.29) is 11.7 Å². The third kappa shape index (κ3) is 4.67. The molecule has 0 spiro atoms. The number of benzene rings is 4. The van der Waals surface area contributed by atoms with Crippen LogP contribution in [0, 0.1) is 5.41 Å². The van der Waals surface area contributed by atoms with Gasteiger partial charge in [-0.25, -0.2) is 0 Å². The van der Waals surface area contributed by atoms with Crippen molar-refractivity contribution in [2.75, 3.05) is 13.7 Å². The predicted molar refractivity (Wildman–Crippen MR) is 142 cm³/mol. The Kier molecular flexibility index (Phi) is 6.68. The van der Waals surface area contributed by atoms with Gasteiger partial charge in [-0.2, -0.15) is 0 Å². The van der Waals surface area contributed by atoms with Crippen molar-refractivity contribution < 1.29 is 14.3 Å². The first-order chi connectivity index (χ1) is 17.6. The average molecular weight is 476 g/mol. The number of ether oxygens (including phenoxy) is 1. The van der Waals surface area contributed by atoms with Crippen LogP contribution >= 0.6 is 0 Å². The molecule has 0 bridgehead atoms. The summed E-state index contributed by atoms with van der Waals surface area (Å²) < 4.78 is 5.25. The summed E-state index contributed by atoms with van der Waals surface area (Å²) in [5.41, 5.74) is 3.72. The molecular weight excluding hydrogens is 446 g/mol. The molecule has 180 valence electrons. The highest BCUT2D eigenvalue weighted by Gasteiger charge is 2.52. The Hall–Kier alpha value is -4.18. The summed E-state index contributed by atoms with van der Waals surface area (Å²) >= 11 is 0. The molecule has 0 saturated carbocycles. The standard InChI is InChI=1S/C32H29NO3/c1-36-29-18-14-25(15-19-29)23-33-21-20-32(31(33)35,30(34)28-10-6-3-7-11-28)22-24-12-16-27(17-13-24)26-8-4-2-5-9-26/h2-19H,20-23H2,1H3/t32-/m1/s1. The van der Waals surface area contributed by atoms with Crippen LogP contribution < -0.4 is 4.74 Å². The van der Waals surface area contributed by atoms with Gasteiger partial charge in [-0.1, -0.05) is 97.1 Å². The van der Waals surface area contributed by atoms with Gasteiger partial charge in [0.15, 0.2) is 5.78 Å². The highest BCUT2D eigenvalue weighted by Crippen LogP contribution is 2.40. The number of ketones is 1. The average Bonchev–Trinajstić information content (AvgIpc) is 3.25. The van der Waals surface area contributed by atoms with E-state index in [0.29, 0.717) is 31.5 Å².